The molecule has 0 amide bonds. The van der Waals surface area contributed by atoms with Gasteiger partial charge in [-0.05, 0) is 13.3 Å². The predicted molar refractivity (Wildman–Crippen MR) is 45.6 cm³/mol. The van der Waals surface area contributed by atoms with Gasteiger partial charge in [0.15, 0.2) is 6.10 Å². The minimum Gasteiger partial charge on any atom is -0.464 e. The summed E-state index contributed by atoms with van der Waals surface area (Å²) in [6, 6.07) is 0. The van der Waals surface area contributed by atoms with Crippen LogP contribution in [0.3, 0.4) is 0 Å². The lowest BCUT2D eigenvalue weighted by Gasteiger charge is -2.13. The highest BCUT2D eigenvalue weighted by Gasteiger charge is 2.23. The van der Waals surface area contributed by atoms with E-state index in [-0.39, 0.29) is 4.83 Å². The van der Waals surface area contributed by atoms with E-state index in [1.165, 1.54) is 0 Å². The topological polar surface area (TPSA) is 46.5 Å². The Morgan fingerprint density at radius 3 is 2.55 bits per heavy atom. The van der Waals surface area contributed by atoms with Gasteiger partial charge in [0.05, 0.1) is 11.4 Å². The Labute approximate surface area is 74.9 Å². The van der Waals surface area contributed by atoms with E-state index in [4.69, 9.17) is 0 Å². The number of aliphatic hydroxyl groups is 1. The molecule has 0 aromatic carbocycles. The highest BCUT2D eigenvalue weighted by molar-refractivity contribution is 9.09. The molecule has 0 aliphatic rings. The fourth-order valence-electron chi connectivity index (χ4n) is 0.599. The molecule has 2 atom stereocenters. The summed E-state index contributed by atoms with van der Waals surface area (Å²) in [7, 11) is 0. The van der Waals surface area contributed by atoms with Crippen LogP contribution in [0.25, 0.3) is 0 Å². The van der Waals surface area contributed by atoms with Crippen LogP contribution in [0.15, 0.2) is 0 Å². The molecule has 4 heteroatoms. The maximum absolute atomic E-state index is 10.8. The van der Waals surface area contributed by atoms with Gasteiger partial charge >= 0.3 is 5.97 Å². The molecule has 0 saturated carbocycles. The molecule has 0 aromatic rings. The van der Waals surface area contributed by atoms with E-state index in [1.807, 2.05) is 6.92 Å². The van der Waals surface area contributed by atoms with E-state index in [2.05, 4.69) is 20.7 Å². The molecule has 0 fully saturated rings. The molecule has 0 unspecified atom stereocenters. The quantitative estimate of drug-likeness (QED) is 0.575. The Kier molecular flexibility index (Phi) is 5.50. The molecule has 0 bridgehead atoms. The molecular formula is C7H13BrO3. The second-order valence-corrected chi connectivity index (χ2v) is 3.30. The number of hydrogen-bond acceptors (Lipinski definition) is 3. The van der Waals surface area contributed by atoms with Crippen LogP contribution in [-0.2, 0) is 9.53 Å². The molecule has 0 aliphatic carbocycles. The number of ether oxygens (including phenoxy) is 1. The second-order valence-electron chi connectivity index (χ2n) is 2.12. The van der Waals surface area contributed by atoms with E-state index >= 15 is 0 Å². The molecular weight excluding hydrogens is 212 g/mol. The van der Waals surface area contributed by atoms with Crippen LogP contribution in [0, 0.1) is 0 Å². The van der Waals surface area contributed by atoms with Crippen molar-refractivity contribution in [2.45, 2.75) is 31.2 Å². The molecule has 0 rings (SSSR count). The normalized spacial score (nSPS) is 15.6. The lowest BCUT2D eigenvalue weighted by Crippen LogP contribution is -2.31. The van der Waals surface area contributed by atoms with E-state index in [1.54, 1.807) is 6.92 Å². The van der Waals surface area contributed by atoms with E-state index in [0.29, 0.717) is 13.0 Å². The maximum Gasteiger partial charge on any atom is 0.336 e. The van der Waals surface area contributed by atoms with Gasteiger partial charge in [-0.3, -0.25) is 0 Å². The van der Waals surface area contributed by atoms with E-state index in [9.17, 15) is 9.90 Å². The lowest BCUT2D eigenvalue weighted by molar-refractivity contribution is -0.152. The van der Waals surface area contributed by atoms with Gasteiger partial charge in [-0.2, -0.15) is 0 Å². The summed E-state index contributed by atoms with van der Waals surface area (Å²) in [5.41, 5.74) is 0. The first kappa shape index (κ1) is 10.9. The van der Waals surface area contributed by atoms with Gasteiger partial charge in [0.2, 0.25) is 0 Å². The van der Waals surface area contributed by atoms with Crippen molar-refractivity contribution >= 4 is 21.9 Å². The summed E-state index contributed by atoms with van der Waals surface area (Å²) < 4.78 is 4.61. The molecule has 66 valence electrons. The average Bonchev–Trinajstić information content (AvgIpc) is 2.02. The average molecular weight is 225 g/mol. The van der Waals surface area contributed by atoms with Crippen molar-refractivity contribution in [3.8, 4) is 0 Å². The van der Waals surface area contributed by atoms with Crippen LogP contribution in [0.1, 0.15) is 20.3 Å². The molecule has 0 aromatic heterocycles. The third-order valence-electron chi connectivity index (χ3n) is 1.26. The number of carbonyl (C=O) groups is 1. The third kappa shape index (κ3) is 3.72. The molecule has 0 radical (unpaired) electrons. The highest BCUT2D eigenvalue weighted by Crippen LogP contribution is 2.10. The van der Waals surface area contributed by atoms with Crippen molar-refractivity contribution in [1.82, 2.24) is 0 Å². The van der Waals surface area contributed by atoms with E-state index in [0.717, 1.165) is 0 Å². The van der Waals surface area contributed by atoms with Crippen LogP contribution >= 0.6 is 15.9 Å². The summed E-state index contributed by atoms with van der Waals surface area (Å²) in [6.45, 7) is 3.89. The Morgan fingerprint density at radius 2 is 2.18 bits per heavy atom. The molecule has 0 heterocycles. The van der Waals surface area contributed by atoms with Crippen LogP contribution in [0.4, 0.5) is 0 Å². The SMILES string of the molecule is CCOC(=O)[C@@H](O)[C@@H](Br)CC. The third-order valence-corrected chi connectivity index (χ3v) is 2.41. The molecule has 11 heavy (non-hydrogen) atoms. The van der Waals surface area contributed by atoms with Crippen LogP contribution in [-0.4, -0.2) is 28.6 Å². The minimum atomic E-state index is -1.04. The first-order valence-electron chi connectivity index (χ1n) is 3.62. The zero-order valence-electron chi connectivity index (χ0n) is 6.71. The van der Waals surface area contributed by atoms with Crippen molar-refractivity contribution < 1.29 is 14.6 Å². The Bertz CT molecular complexity index is 127. The zero-order valence-corrected chi connectivity index (χ0v) is 8.30. The van der Waals surface area contributed by atoms with Gasteiger partial charge in [0, 0.05) is 0 Å². The number of hydrogen-bond donors (Lipinski definition) is 1. The largest absolute Gasteiger partial charge is 0.464 e. The summed E-state index contributed by atoms with van der Waals surface area (Å²) in [6.07, 6.45) is -0.347. The summed E-state index contributed by atoms with van der Waals surface area (Å²) in [5.74, 6) is -0.559. The lowest BCUT2D eigenvalue weighted by atomic mass is 10.2. The number of carbonyl (C=O) groups excluding carboxylic acids is 1. The molecule has 1 N–H and O–H groups in total. The summed E-state index contributed by atoms with van der Waals surface area (Å²) in [4.78, 5) is 10.6. The Morgan fingerprint density at radius 1 is 1.64 bits per heavy atom. The van der Waals surface area contributed by atoms with Gasteiger partial charge in [-0.1, -0.05) is 22.9 Å². The fraction of sp³-hybridized carbons (Fsp3) is 0.857. The second kappa shape index (κ2) is 5.55. The van der Waals surface area contributed by atoms with Crippen LogP contribution < -0.4 is 0 Å². The van der Waals surface area contributed by atoms with E-state index < -0.39 is 12.1 Å². The minimum absolute atomic E-state index is 0.207. The molecule has 0 saturated heterocycles. The smallest absolute Gasteiger partial charge is 0.336 e. The molecule has 0 aliphatic heterocycles. The van der Waals surface area contributed by atoms with Gasteiger partial charge in [-0.25, -0.2) is 4.79 Å². The van der Waals surface area contributed by atoms with Gasteiger partial charge < -0.3 is 9.84 Å². The first-order valence-corrected chi connectivity index (χ1v) is 4.53. The zero-order chi connectivity index (χ0) is 8.85. The van der Waals surface area contributed by atoms with Crippen LogP contribution in [0.2, 0.25) is 0 Å². The molecule has 0 spiro atoms. The van der Waals surface area contributed by atoms with Crippen molar-refractivity contribution in [2.75, 3.05) is 6.61 Å². The Balaban J connectivity index is 3.80. The van der Waals surface area contributed by atoms with Crippen molar-refractivity contribution in [2.24, 2.45) is 0 Å². The molecule has 3 nitrogen and oxygen atoms in total. The number of halogens is 1. The summed E-state index contributed by atoms with van der Waals surface area (Å²) in [5, 5.41) is 9.20. The van der Waals surface area contributed by atoms with Gasteiger partial charge in [-0.15, -0.1) is 0 Å². The number of alkyl halides is 1. The number of rotatable bonds is 4. The van der Waals surface area contributed by atoms with Crippen molar-refractivity contribution in [3.05, 3.63) is 0 Å². The van der Waals surface area contributed by atoms with Crippen molar-refractivity contribution in [1.29, 1.82) is 0 Å². The standard InChI is InChI=1S/C7H13BrO3/c1-3-5(8)6(9)7(10)11-4-2/h5-6,9H,3-4H2,1-2H3/t5-,6-/m0/s1. The maximum atomic E-state index is 10.8. The number of esters is 1. The first-order chi connectivity index (χ1) is 5.13. The fourth-order valence-corrected chi connectivity index (χ4v) is 0.814. The van der Waals surface area contributed by atoms with Gasteiger partial charge in [0.25, 0.3) is 0 Å². The highest BCUT2D eigenvalue weighted by atomic mass is 79.9. The monoisotopic (exact) mass is 224 g/mol. The summed E-state index contributed by atoms with van der Waals surface area (Å²) >= 11 is 3.16. The predicted octanol–water partition coefficient (Wildman–Crippen LogP) is 1.08. The Hall–Kier alpha value is -0.0900. The van der Waals surface area contributed by atoms with Crippen LogP contribution in [0.5, 0.6) is 0 Å². The van der Waals surface area contributed by atoms with Gasteiger partial charge in [0.1, 0.15) is 0 Å². The number of aliphatic hydroxyl groups excluding tert-OH is 1. The van der Waals surface area contributed by atoms with Crippen molar-refractivity contribution in [3.63, 3.8) is 0 Å².